The number of carbonyl (C=O) groups excluding carboxylic acids is 4. The number of phenols is 4. The van der Waals surface area contributed by atoms with E-state index in [4.69, 9.17) is 29.9 Å². The van der Waals surface area contributed by atoms with Gasteiger partial charge in [0.15, 0.2) is 0 Å². The first-order valence-corrected chi connectivity index (χ1v) is 42.9. The second-order valence-corrected chi connectivity index (χ2v) is 41.4. The van der Waals surface area contributed by atoms with Crippen molar-refractivity contribution in [3.05, 3.63) is 231 Å². The average Bonchev–Trinajstić information content (AvgIpc) is 0.772. The van der Waals surface area contributed by atoms with Gasteiger partial charge in [0.1, 0.15) is 23.0 Å². The number of carbonyl (C=O) groups is 4. The molecule has 0 atom stereocenters. The van der Waals surface area contributed by atoms with Crippen LogP contribution < -0.4 is 40.9 Å². The van der Waals surface area contributed by atoms with Crippen LogP contribution in [0.2, 0.25) is 0 Å². The van der Waals surface area contributed by atoms with Crippen molar-refractivity contribution in [3.63, 3.8) is 0 Å². The molecule has 132 heavy (non-hydrogen) atoms. The molecule has 4 N–H and O–H groups in total. The molecule has 8 aromatic carbocycles. The minimum Gasteiger partial charge on any atom is -0.872 e. The standard InChI is InChI=1S/2C45H58O5.4C3H7NO.4CH3O.4Cu/c2*1-42(2,3)34-16-26-13-27-17-35(43(4,5)6)19-29(39(27)47)15-31-21-37(45(10,11)12)23-33(41(31)49)25-50-24-32-22-36(44(7,8)9)20-30(40(32)48)14-28(18-34)38(26)46;4*1-4(2)3-5;4*1-2;;;;/h2*16-23,46-49H,13-15,24-25H2,1-12H3;4*3H,1-2H3;4*1H3;;;;/q;;;;;;4*-1;4*+2/p-4. The van der Waals surface area contributed by atoms with E-state index in [-0.39, 0.29) is 223 Å². The van der Waals surface area contributed by atoms with E-state index in [1.165, 1.54) is 19.6 Å². The van der Waals surface area contributed by atoms with Gasteiger partial charge in [-0.05, 0) is 155 Å². The predicted molar refractivity (Wildman–Crippen MR) is 502 cm³/mol. The smallest absolute Gasteiger partial charge is 0.872 e. The molecule has 0 unspecified atom stereocenters. The first-order valence-electron chi connectivity index (χ1n) is 42.9. The molecule has 0 aromatic heterocycles. The number of ether oxygens (including phenoxy) is 2. The zero-order valence-electron chi connectivity index (χ0n) is 85.1. The van der Waals surface area contributed by atoms with Crippen molar-refractivity contribution < 1.29 is 158 Å². The summed E-state index contributed by atoms with van der Waals surface area (Å²) in [5, 5.41) is 137. The van der Waals surface area contributed by atoms with Crippen LogP contribution in [0.5, 0.6) is 46.0 Å². The normalized spacial score (nSPS) is 12.3. The maximum atomic E-state index is 14.1. The van der Waals surface area contributed by atoms with Crippen molar-refractivity contribution in [3.8, 4) is 46.0 Å². The van der Waals surface area contributed by atoms with Gasteiger partial charge in [0.25, 0.3) is 0 Å². The van der Waals surface area contributed by atoms with Gasteiger partial charge in [-0.1, -0.05) is 308 Å². The Morgan fingerprint density at radius 3 is 0.409 bits per heavy atom. The Morgan fingerprint density at radius 2 is 0.311 bits per heavy atom. The Bertz CT molecular complexity index is 4320. The molecule has 0 fully saturated rings. The second-order valence-electron chi connectivity index (χ2n) is 41.4. The minimum atomic E-state index is -0.236. The average molecular weight is 2020 g/mol. The fourth-order valence-electron chi connectivity index (χ4n) is 13.3. The summed E-state index contributed by atoms with van der Waals surface area (Å²) in [4.78, 5) is 43.5. The van der Waals surface area contributed by atoms with Crippen LogP contribution in [0.25, 0.3) is 0 Å². The Kier molecular flexibility index (Phi) is 55.6. The SMILES string of the molecule is CC(C)(C)c1cc2c([O-])c(c1)Cc1cc(C(C)(C)C)cc(c1O)Cc1cc(C(C)(C)C)cc(c1O)Cc1cc(C(C)(C)C)cc(c1[O-])COC2.CC(C)(C)c1cc2c([O-])c(c1)Cc1cc(C(C)(C)C)cc(c1O)Cc1cc(C(C)(C)C)cc(c1O)Cc1cc(C(C)(C)C)cc(c1[O-])COC2.CN(C)C=O.CN(C)C=O.CN(C)C=O.CN(C)C=O.C[O-].C[O-].C[O-].C[O-].[Cu+2].[Cu+2].[Cu+2].[Cu+2]. The van der Waals surface area contributed by atoms with Gasteiger partial charge in [0.05, 0.1) is 26.4 Å². The summed E-state index contributed by atoms with van der Waals surface area (Å²) in [6, 6.07) is 31.7. The molecule has 0 saturated heterocycles. The molecule has 4 amide bonds. The molecule has 8 aromatic rings. The van der Waals surface area contributed by atoms with Crippen LogP contribution in [0.1, 0.15) is 300 Å². The van der Waals surface area contributed by atoms with Gasteiger partial charge >= 0.3 is 68.3 Å². The van der Waals surface area contributed by atoms with Crippen LogP contribution in [-0.4, -0.2) is 150 Å². The summed E-state index contributed by atoms with van der Waals surface area (Å²) in [6.45, 7) is 51.2. The Labute approximate surface area is 833 Å². The van der Waals surface area contributed by atoms with Crippen LogP contribution in [0.15, 0.2) is 97.1 Å². The van der Waals surface area contributed by atoms with Gasteiger partial charge in [-0.3, -0.25) is 19.2 Å². The molecule has 16 bridgehead atoms. The van der Waals surface area contributed by atoms with Crippen LogP contribution in [0.3, 0.4) is 0 Å². The molecule has 26 heteroatoms. The maximum Gasteiger partial charge on any atom is 2.00 e. The van der Waals surface area contributed by atoms with Crippen LogP contribution in [0.4, 0.5) is 0 Å². The Balaban J connectivity index is -0.000000943. The summed E-state index contributed by atoms with van der Waals surface area (Å²) in [6.07, 6.45) is 4.57. The van der Waals surface area contributed by atoms with E-state index in [1.807, 2.05) is 97.1 Å². The number of aromatic hydroxyl groups is 4. The molecule has 2 aliphatic rings. The number of hydrogen-bond acceptors (Lipinski definition) is 18. The number of fused-ring (bicyclic) bond motifs is 16. The molecule has 2 aliphatic heterocycles. The molecule has 2 heterocycles. The van der Waals surface area contributed by atoms with E-state index < -0.39 is 0 Å². The van der Waals surface area contributed by atoms with E-state index in [0.29, 0.717) is 89.0 Å². The zero-order valence-corrected chi connectivity index (χ0v) is 88.9. The topological polar surface area (TPSA) is 365 Å². The Morgan fingerprint density at radius 1 is 0.220 bits per heavy atom. The third-order valence-corrected chi connectivity index (χ3v) is 21.1. The van der Waals surface area contributed by atoms with Crippen molar-refractivity contribution in [1.29, 1.82) is 0 Å². The second kappa shape index (κ2) is 56.4. The number of phenolic OH excluding ortho intramolecular Hbond substituents is 4. The largest absolute Gasteiger partial charge is 2.00 e. The number of hydrogen-bond donors (Lipinski definition) is 4. The summed E-state index contributed by atoms with van der Waals surface area (Å²) >= 11 is 0. The summed E-state index contributed by atoms with van der Waals surface area (Å²) in [5.41, 5.74) is 16.2. The maximum absolute atomic E-state index is 14.1. The quantitative estimate of drug-likeness (QED) is 0.0939. The molecule has 0 spiro atoms. The van der Waals surface area contributed by atoms with E-state index in [2.05, 4.69) is 166 Å². The van der Waals surface area contributed by atoms with E-state index in [9.17, 15) is 60.0 Å². The molecule has 22 nitrogen and oxygen atoms in total. The first-order chi connectivity index (χ1) is 58.9. The van der Waals surface area contributed by atoms with Gasteiger partial charge in [-0.2, -0.15) is 28.4 Å². The van der Waals surface area contributed by atoms with Crippen molar-refractivity contribution in [2.45, 2.75) is 274 Å². The minimum absolute atomic E-state index is 0. The molecule has 4 radical (unpaired) electrons. The predicted octanol–water partition coefficient (Wildman–Crippen LogP) is 13.2. The van der Waals surface area contributed by atoms with Gasteiger partial charge in [-0.15, -0.1) is 0 Å². The van der Waals surface area contributed by atoms with Gasteiger partial charge < -0.3 is 90.4 Å². The van der Waals surface area contributed by atoms with Crippen LogP contribution in [-0.2, 0) is 205 Å². The van der Waals surface area contributed by atoms with Crippen molar-refractivity contribution in [1.82, 2.24) is 19.6 Å². The number of amides is 4. The van der Waals surface area contributed by atoms with Crippen LogP contribution >= 0.6 is 0 Å². The fraction of sp³-hybridized carbons (Fsp3) is 0.509. The summed E-state index contributed by atoms with van der Waals surface area (Å²) < 4.78 is 12.4. The molecule has 0 saturated carbocycles. The monoisotopic (exact) mass is 2020 g/mol. The number of nitrogens with zero attached hydrogens (tertiary/aromatic N) is 4. The first kappa shape index (κ1) is 130. The van der Waals surface area contributed by atoms with Gasteiger partial charge in [0, 0.05) is 94.9 Å². The van der Waals surface area contributed by atoms with E-state index >= 15 is 0 Å². The summed E-state index contributed by atoms with van der Waals surface area (Å²) in [5.74, 6) is 0.0438. The van der Waals surface area contributed by atoms with Crippen molar-refractivity contribution in [2.75, 3.05) is 84.8 Å². The molecule has 748 valence electrons. The van der Waals surface area contributed by atoms with Crippen LogP contribution in [0, 0.1) is 0 Å². The van der Waals surface area contributed by atoms with Gasteiger partial charge in [-0.25, -0.2) is 0 Å². The third-order valence-electron chi connectivity index (χ3n) is 21.1. The van der Waals surface area contributed by atoms with E-state index in [1.54, 1.807) is 56.4 Å². The molecular weight excluding hydrogens is 1870 g/mol. The Hall–Kier alpha value is -8.12. The third kappa shape index (κ3) is 39.7. The van der Waals surface area contributed by atoms with Gasteiger partial charge in [0.2, 0.25) is 25.6 Å². The van der Waals surface area contributed by atoms with Crippen molar-refractivity contribution >= 4 is 25.6 Å². The molecule has 0 aliphatic carbocycles. The van der Waals surface area contributed by atoms with Crippen molar-refractivity contribution in [2.24, 2.45) is 0 Å². The molecule has 10 rings (SSSR count). The summed E-state index contributed by atoms with van der Waals surface area (Å²) in [7, 11) is 16.5. The number of benzene rings is 8. The molecular formula is C106H152Cu4N4O18. The van der Waals surface area contributed by atoms with E-state index in [0.717, 1.165) is 98.6 Å². The fourth-order valence-corrected chi connectivity index (χ4v) is 13.3. The number of rotatable bonds is 4. The zero-order chi connectivity index (χ0) is 99.4.